The molecule has 8 heteroatoms. The van der Waals surface area contributed by atoms with Gasteiger partial charge in [-0.15, -0.1) is 0 Å². The molecule has 8 nitrogen and oxygen atoms in total. The van der Waals surface area contributed by atoms with E-state index in [1.54, 1.807) is 27.0 Å². The summed E-state index contributed by atoms with van der Waals surface area (Å²) in [7, 11) is 3.11. The van der Waals surface area contributed by atoms with Crippen LogP contribution in [-0.4, -0.2) is 43.8 Å². The standard InChI is InChI=1S/C18H25N3O5/c1-6-7-13(14-8-12(24-5)9-15(22)26-14)20-17(23)18(3)10-25-16(21-18)11(2)19-4/h8-9,13H,6-7,10H2,1-5H3,(H,20,23)/t13-,18?/m1/s1. The van der Waals surface area contributed by atoms with Crippen molar-refractivity contribution in [1.82, 2.24) is 5.32 Å². The number of aliphatic imine (C=N–C) groups is 2. The molecule has 1 aliphatic heterocycles. The molecule has 0 spiro atoms. The average Bonchev–Trinajstić information content (AvgIpc) is 3.03. The maximum atomic E-state index is 12.8. The predicted molar refractivity (Wildman–Crippen MR) is 98.1 cm³/mol. The Bertz CT molecular complexity index is 783. The van der Waals surface area contributed by atoms with E-state index in [-0.39, 0.29) is 12.5 Å². The van der Waals surface area contributed by atoms with Crippen LogP contribution in [0.4, 0.5) is 0 Å². The van der Waals surface area contributed by atoms with Gasteiger partial charge in [-0.05, 0) is 20.3 Å². The number of ether oxygens (including phenoxy) is 2. The smallest absolute Gasteiger partial charge is 0.339 e. The van der Waals surface area contributed by atoms with Gasteiger partial charge >= 0.3 is 5.63 Å². The fourth-order valence-electron chi connectivity index (χ4n) is 2.55. The number of hydrogen-bond donors (Lipinski definition) is 1. The van der Waals surface area contributed by atoms with Gasteiger partial charge in [0.05, 0.1) is 24.9 Å². The van der Waals surface area contributed by atoms with E-state index in [1.807, 2.05) is 6.92 Å². The third-order valence-corrected chi connectivity index (χ3v) is 4.20. The molecule has 0 bridgehead atoms. The van der Waals surface area contributed by atoms with Crippen molar-refractivity contribution in [2.24, 2.45) is 9.98 Å². The van der Waals surface area contributed by atoms with Crippen LogP contribution in [-0.2, 0) is 9.53 Å². The Balaban J connectivity index is 2.25. The fraction of sp³-hybridized carbons (Fsp3) is 0.556. The molecule has 26 heavy (non-hydrogen) atoms. The molecule has 1 unspecified atom stereocenters. The lowest BCUT2D eigenvalue weighted by Gasteiger charge is -2.23. The van der Waals surface area contributed by atoms with E-state index >= 15 is 0 Å². The molecule has 2 rings (SSSR count). The van der Waals surface area contributed by atoms with E-state index in [9.17, 15) is 9.59 Å². The van der Waals surface area contributed by atoms with Gasteiger partial charge in [-0.2, -0.15) is 0 Å². The third kappa shape index (κ3) is 4.30. The van der Waals surface area contributed by atoms with Crippen molar-refractivity contribution >= 4 is 17.5 Å². The van der Waals surface area contributed by atoms with Crippen LogP contribution < -0.4 is 15.7 Å². The van der Waals surface area contributed by atoms with E-state index in [1.165, 1.54) is 13.2 Å². The molecule has 0 fully saturated rings. The van der Waals surface area contributed by atoms with Crippen molar-refractivity contribution in [3.05, 3.63) is 28.3 Å². The van der Waals surface area contributed by atoms with Gasteiger partial charge in [0.2, 0.25) is 5.90 Å². The van der Waals surface area contributed by atoms with Crippen LogP contribution in [0.2, 0.25) is 0 Å². The Hall–Kier alpha value is -2.64. The average molecular weight is 363 g/mol. The molecule has 1 aliphatic rings. The SMILES string of the molecule is CCC[C@@H](NC(=O)C1(C)COC(C(C)=NC)=N1)c1cc(OC)cc(=O)o1. The highest BCUT2D eigenvalue weighted by molar-refractivity contribution is 6.38. The van der Waals surface area contributed by atoms with Crippen LogP contribution in [0, 0.1) is 0 Å². The number of hydrogen-bond acceptors (Lipinski definition) is 7. The first-order valence-corrected chi connectivity index (χ1v) is 8.49. The summed E-state index contributed by atoms with van der Waals surface area (Å²) in [5.41, 5.74) is -0.961. The summed E-state index contributed by atoms with van der Waals surface area (Å²) < 4.78 is 15.9. The molecule has 0 radical (unpaired) electrons. The summed E-state index contributed by atoms with van der Waals surface area (Å²) >= 11 is 0. The normalized spacial score (nSPS) is 21.0. The fourth-order valence-corrected chi connectivity index (χ4v) is 2.55. The van der Waals surface area contributed by atoms with Gasteiger partial charge < -0.3 is 19.2 Å². The maximum Gasteiger partial charge on any atom is 0.339 e. The Labute approximate surface area is 152 Å². The molecular weight excluding hydrogens is 338 g/mol. The zero-order valence-electron chi connectivity index (χ0n) is 15.8. The Kier molecular flexibility index (Phi) is 6.18. The van der Waals surface area contributed by atoms with Gasteiger partial charge in [-0.3, -0.25) is 9.79 Å². The first kappa shape index (κ1) is 19.7. The number of rotatable bonds is 7. The van der Waals surface area contributed by atoms with Crippen molar-refractivity contribution in [1.29, 1.82) is 0 Å². The molecule has 2 heterocycles. The molecule has 1 N–H and O–H groups in total. The summed E-state index contributed by atoms with van der Waals surface area (Å²) in [6.45, 7) is 5.58. The first-order chi connectivity index (χ1) is 12.3. The van der Waals surface area contributed by atoms with Crippen LogP contribution in [0.1, 0.15) is 45.4 Å². The Morgan fingerprint density at radius 3 is 2.85 bits per heavy atom. The second-order valence-corrected chi connectivity index (χ2v) is 6.32. The summed E-state index contributed by atoms with van der Waals surface area (Å²) in [6, 6.07) is 2.40. The van der Waals surface area contributed by atoms with Gasteiger partial charge in [0.15, 0.2) is 5.54 Å². The summed E-state index contributed by atoms with van der Waals surface area (Å²) in [5.74, 6) is 0.796. The second-order valence-electron chi connectivity index (χ2n) is 6.32. The highest BCUT2D eigenvalue weighted by Gasteiger charge is 2.41. The molecule has 0 aliphatic carbocycles. The zero-order valence-corrected chi connectivity index (χ0v) is 15.8. The summed E-state index contributed by atoms with van der Waals surface area (Å²) in [6.07, 6.45) is 1.39. The van der Waals surface area contributed by atoms with Crippen LogP contribution >= 0.6 is 0 Å². The van der Waals surface area contributed by atoms with E-state index in [4.69, 9.17) is 13.9 Å². The van der Waals surface area contributed by atoms with Crippen LogP contribution in [0.25, 0.3) is 0 Å². The van der Waals surface area contributed by atoms with Gasteiger partial charge in [-0.25, -0.2) is 9.79 Å². The highest BCUT2D eigenvalue weighted by atomic mass is 16.5. The van der Waals surface area contributed by atoms with Crippen molar-refractivity contribution < 1.29 is 18.7 Å². The quantitative estimate of drug-likeness (QED) is 0.745. The van der Waals surface area contributed by atoms with Crippen LogP contribution in [0.5, 0.6) is 5.75 Å². The molecule has 1 aromatic rings. The molecule has 0 saturated carbocycles. The lowest BCUT2D eigenvalue weighted by Crippen LogP contribution is -2.45. The topological polar surface area (TPSA) is 102 Å². The maximum absolute atomic E-state index is 12.8. The van der Waals surface area contributed by atoms with Crippen molar-refractivity contribution in [2.75, 3.05) is 20.8 Å². The minimum atomic E-state index is -1.06. The molecule has 1 aromatic heterocycles. The van der Waals surface area contributed by atoms with E-state index in [0.29, 0.717) is 29.5 Å². The molecule has 1 amide bonds. The number of nitrogens with zero attached hydrogens (tertiary/aromatic N) is 2. The first-order valence-electron chi connectivity index (χ1n) is 8.49. The van der Waals surface area contributed by atoms with Crippen molar-refractivity contribution in [3.63, 3.8) is 0 Å². The van der Waals surface area contributed by atoms with Gasteiger partial charge in [-0.1, -0.05) is 13.3 Å². The molecule has 0 aromatic carbocycles. The lowest BCUT2D eigenvalue weighted by molar-refractivity contribution is -0.127. The molecule has 0 saturated heterocycles. The minimum Gasteiger partial charge on any atom is -0.496 e. The van der Waals surface area contributed by atoms with Gasteiger partial charge in [0, 0.05) is 13.1 Å². The zero-order chi connectivity index (χ0) is 19.3. The van der Waals surface area contributed by atoms with E-state index in [0.717, 1.165) is 6.42 Å². The lowest BCUT2D eigenvalue weighted by atomic mass is 10.0. The summed E-state index contributed by atoms with van der Waals surface area (Å²) in [4.78, 5) is 33.0. The number of nitrogens with one attached hydrogen (secondary N) is 1. The van der Waals surface area contributed by atoms with E-state index in [2.05, 4.69) is 15.3 Å². The number of amides is 1. The third-order valence-electron chi connectivity index (χ3n) is 4.20. The minimum absolute atomic E-state index is 0.127. The molecule has 2 atom stereocenters. The Morgan fingerprint density at radius 2 is 2.23 bits per heavy atom. The predicted octanol–water partition coefficient (Wildman–Crippen LogP) is 1.88. The van der Waals surface area contributed by atoms with Crippen molar-refractivity contribution in [3.8, 4) is 5.75 Å². The summed E-state index contributed by atoms with van der Waals surface area (Å²) in [5, 5.41) is 2.92. The van der Waals surface area contributed by atoms with Crippen LogP contribution in [0.15, 0.2) is 31.3 Å². The van der Waals surface area contributed by atoms with E-state index < -0.39 is 17.2 Å². The van der Waals surface area contributed by atoms with Crippen LogP contribution in [0.3, 0.4) is 0 Å². The van der Waals surface area contributed by atoms with Crippen molar-refractivity contribution in [2.45, 2.75) is 45.2 Å². The monoisotopic (exact) mass is 363 g/mol. The van der Waals surface area contributed by atoms with Gasteiger partial charge in [0.1, 0.15) is 18.1 Å². The molecule has 142 valence electrons. The Morgan fingerprint density at radius 1 is 1.50 bits per heavy atom. The largest absolute Gasteiger partial charge is 0.496 e. The molecular formula is C18H25N3O5. The number of methoxy groups -OCH3 is 1. The second kappa shape index (κ2) is 8.16. The number of carbonyl (C=O) groups is 1. The number of carbonyl (C=O) groups excluding carboxylic acids is 1. The van der Waals surface area contributed by atoms with Gasteiger partial charge in [0.25, 0.3) is 5.91 Å². The highest BCUT2D eigenvalue weighted by Crippen LogP contribution is 2.25.